The van der Waals surface area contributed by atoms with Gasteiger partial charge in [0.25, 0.3) is 0 Å². The molecular weight excluding hydrogens is 348 g/mol. The Morgan fingerprint density at radius 3 is 2.33 bits per heavy atom. The lowest BCUT2D eigenvalue weighted by Gasteiger charge is -2.40. The molecule has 154 valence electrons. The van der Waals surface area contributed by atoms with E-state index in [-0.39, 0.29) is 30.4 Å². The van der Waals surface area contributed by atoms with Gasteiger partial charge < -0.3 is 14.4 Å². The monoisotopic (exact) mass is 382 g/mol. The predicted octanol–water partition coefficient (Wildman–Crippen LogP) is 0.817. The summed E-state index contributed by atoms with van der Waals surface area (Å²) in [5.74, 6) is -0.206. The summed E-state index contributed by atoms with van der Waals surface area (Å²) >= 11 is 0. The molecule has 0 N–H and O–H groups in total. The second kappa shape index (κ2) is 8.75. The lowest BCUT2D eigenvalue weighted by Crippen LogP contribution is -2.55. The van der Waals surface area contributed by atoms with Crippen molar-refractivity contribution in [3.05, 3.63) is 0 Å². The molecule has 3 heterocycles. The van der Waals surface area contributed by atoms with Crippen LogP contribution >= 0.6 is 0 Å². The van der Waals surface area contributed by atoms with E-state index in [1.807, 2.05) is 4.90 Å². The number of piperazine rings is 1. The van der Waals surface area contributed by atoms with E-state index in [1.165, 1.54) is 7.11 Å². The molecule has 3 fully saturated rings. The van der Waals surface area contributed by atoms with E-state index in [1.54, 1.807) is 0 Å². The van der Waals surface area contributed by atoms with E-state index in [2.05, 4.69) is 35.5 Å². The van der Waals surface area contributed by atoms with Gasteiger partial charge in [-0.2, -0.15) is 0 Å². The van der Waals surface area contributed by atoms with Gasteiger partial charge in [0.15, 0.2) is 6.23 Å². The first kappa shape index (κ1) is 20.4. The Morgan fingerprint density at radius 1 is 1.15 bits per heavy atom. The van der Waals surface area contributed by atoms with Crippen molar-refractivity contribution >= 4 is 12.1 Å². The highest BCUT2D eigenvalue weighted by molar-refractivity contribution is 5.71. The molecule has 0 aromatic rings. The number of piperidine rings is 1. The molecule has 3 aliphatic rings. The van der Waals surface area contributed by atoms with Gasteiger partial charge in [-0.3, -0.25) is 19.5 Å². The maximum absolute atomic E-state index is 12.6. The first-order valence-corrected chi connectivity index (χ1v) is 10.2. The summed E-state index contributed by atoms with van der Waals surface area (Å²) in [4.78, 5) is 32.8. The summed E-state index contributed by atoms with van der Waals surface area (Å²) in [5, 5.41) is 0. The Morgan fingerprint density at radius 2 is 1.78 bits per heavy atom. The third kappa shape index (κ3) is 4.55. The highest BCUT2D eigenvalue weighted by atomic mass is 16.6. The van der Waals surface area contributed by atoms with Crippen LogP contribution in [-0.4, -0.2) is 109 Å². The van der Waals surface area contributed by atoms with Crippen LogP contribution in [0.4, 0.5) is 4.79 Å². The minimum atomic E-state index is -0.206. The fourth-order valence-corrected chi connectivity index (χ4v) is 4.53. The SMILES string of the molecule is COC(=O)CN1CCN(C2OC(=O)N(C3CCN(C(C)C)CC3)C2C)CC1. The van der Waals surface area contributed by atoms with Crippen molar-refractivity contribution in [1.29, 1.82) is 0 Å². The Balaban J connectivity index is 1.53. The molecule has 0 aromatic heterocycles. The molecule has 0 aliphatic carbocycles. The summed E-state index contributed by atoms with van der Waals surface area (Å²) < 4.78 is 10.5. The average molecular weight is 383 g/mol. The van der Waals surface area contributed by atoms with Crippen molar-refractivity contribution in [3.63, 3.8) is 0 Å². The first-order chi connectivity index (χ1) is 12.9. The van der Waals surface area contributed by atoms with Crippen LogP contribution in [0.2, 0.25) is 0 Å². The van der Waals surface area contributed by atoms with Gasteiger partial charge >= 0.3 is 12.1 Å². The molecule has 8 nitrogen and oxygen atoms in total. The number of hydrogen-bond acceptors (Lipinski definition) is 7. The van der Waals surface area contributed by atoms with Crippen molar-refractivity contribution in [1.82, 2.24) is 19.6 Å². The van der Waals surface area contributed by atoms with E-state index in [0.29, 0.717) is 12.6 Å². The molecule has 2 atom stereocenters. The second-order valence-corrected chi connectivity index (χ2v) is 8.17. The van der Waals surface area contributed by atoms with Crippen LogP contribution < -0.4 is 0 Å². The van der Waals surface area contributed by atoms with E-state index >= 15 is 0 Å². The normalized spacial score (nSPS) is 29.4. The standard InChI is InChI=1S/C19H34N4O4/c1-14(2)21-7-5-16(6-8-21)23-15(3)18(27-19(23)25)22-11-9-20(10-12-22)13-17(24)26-4/h14-16,18H,5-13H2,1-4H3. The zero-order valence-corrected chi connectivity index (χ0v) is 17.1. The molecule has 0 bridgehead atoms. The topological polar surface area (TPSA) is 65.6 Å². The van der Waals surface area contributed by atoms with Gasteiger partial charge in [-0.15, -0.1) is 0 Å². The summed E-state index contributed by atoms with van der Waals surface area (Å²) in [6.45, 7) is 12.1. The molecule has 1 amide bonds. The number of esters is 1. The van der Waals surface area contributed by atoms with Crippen molar-refractivity contribution in [3.8, 4) is 0 Å². The van der Waals surface area contributed by atoms with Crippen LogP contribution in [0.15, 0.2) is 0 Å². The van der Waals surface area contributed by atoms with Crippen molar-refractivity contribution in [2.45, 2.75) is 58.0 Å². The van der Waals surface area contributed by atoms with E-state index in [4.69, 9.17) is 9.47 Å². The second-order valence-electron chi connectivity index (χ2n) is 8.17. The maximum Gasteiger partial charge on any atom is 0.412 e. The van der Waals surface area contributed by atoms with Crippen LogP contribution in [0.25, 0.3) is 0 Å². The number of carbonyl (C=O) groups excluding carboxylic acids is 2. The van der Waals surface area contributed by atoms with Gasteiger partial charge in [0, 0.05) is 51.4 Å². The Bertz CT molecular complexity index is 528. The molecule has 0 spiro atoms. The summed E-state index contributed by atoms with van der Waals surface area (Å²) in [6.07, 6.45) is 1.66. The molecule has 3 rings (SSSR count). The number of carbonyl (C=O) groups is 2. The third-order valence-electron chi connectivity index (χ3n) is 6.25. The molecule has 2 unspecified atom stereocenters. The minimum absolute atomic E-state index is 0.0558. The van der Waals surface area contributed by atoms with Gasteiger partial charge in [0.2, 0.25) is 0 Å². The van der Waals surface area contributed by atoms with Crippen LogP contribution in [0.1, 0.15) is 33.6 Å². The minimum Gasteiger partial charge on any atom is -0.468 e. The zero-order chi connectivity index (χ0) is 19.6. The first-order valence-electron chi connectivity index (χ1n) is 10.2. The van der Waals surface area contributed by atoms with Crippen LogP contribution in [0, 0.1) is 0 Å². The highest BCUT2D eigenvalue weighted by Crippen LogP contribution is 2.29. The molecule has 0 radical (unpaired) electrons. The molecule has 0 aromatic carbocycles. The van der Waals surface area contributed by atoms with Gasteiger partial charge in [0.05, 0.1) is 19.7 Å². The smallest absolute Gasteiger partial charge is 0.412 e. The van der Waals surface area contributed by atoms with Crippen molar-refractivity contribution < 1.29 is 19.1 Å². The summed E-state index contributed by atoms with van der Waals surface area (Å²) in [6, 6.07) is 0.885. The lowest BCUT2D eigenvalue weighted by atomic mass is 10.0. The Labute approximate surface area is 162 Å². The third-order valence-corrected chi connectivity index (χ3v) is 6.25. The molecule has 8 heteroatoms. The highest BCUT2D eigenvalue weighted by Gasteiger charge is 2.46. The largest absolute Gasteiger partial charge is 0.468 e. The Hall–Kier alpha value is -1.38. The molecular formula is C19H34N4O4. The number of rotatable bonds is 5. The van der Waals surface area contributed by atoms with Gasteiger partial charge in [-0.05, 0) is 33.6 Å². The molecule has 27 heavy (non-hydrogen) atoms. The quantitative estimate of drug-likeness (QED) is 0.652. The summed E-state index contributed by atoms with van der Waals surface area (Å²) in [7, 11) is 1.42. The fourth-order valence-electron chi connectivity index (χ4n) is 4.53. The average Bonchev–Trinajstić information content (AvgIpc) is 2.96. The number of nitrogens with zero attached hydrogens (tertiary/aromatic N) is 4. The van der Waals surface area contributed by atoms with E-state index < -0.39 is 0 Å². The molecule has 0 saturated carbocycles. The molecule has 3 saturated heterocycles. The van der Waals surface area contributed by atoms with E-state index in [9.17, 15) is 9.59 Å². The van der Waals surface area contributed by atoms with E-state index in [0.717, 1.165) is 52.1 Å². The lowest BCUT2D eigenvalue weighted by molar-refractivity contribution is -0.142. The van der Waals surface area contributed by atoms with Crippen LogP contribution in [-0.2, 0) is 14.3 Å². The molecule has 3 aliphatic heterocycles. The Kier molecular flexibility index (Phi) is 6.60. The number of cyclic esters (lactones) is 1. The maximum atomic E-state index is 12.6. The van der Waals surface area contributed by atoms with Gasteiger partial charge in [-0.1, -0.05) is 0 Å². The van der Waals surface area contributed by atoms with Gasteiger partial charge in [-0.25, -0.2) is 4.79 Å². The number of amides is 1. The number of ether oxygens (including phenoxy) is 2. The number of likely N-dealkylation sites (tertiary alicyclic amines) is 1. The van der Waals surface area contributed by atoms with Crippen molar-refractivity contribution in [2.24, 2.45) is 0 Å². The number of hydrogen-bond donors (Lipinski definition) is 0. The zero-order valence-electron chi connectivity index (χ0n) is 17.1. The van der Waals surface area contributed by atoms with Gasteiger partial charge in [0.1, 0.15) is 0 Å². The van der Waals surface area contributed by atoms with Crippen molar-refractivity contribution in [2.75, 3.05) is 52.9 Å². The number of methoxy groups -OCH3 is 1. The summed E-state index contributed by atoms with van der Waals surface area (Å²) in [5.41, 5.74) is 0. The fraction of sp³-hybridized carbons (Fsp3) is 0.895. The predicted molar refractivity (Wildman–Crippen MR) is 101 cm³/mol. The van der Waals surface area contributed by atoms with Crippen LogP contribution in [0.3, 0.4) is 0 Å². The van der Waals surface area contributed by atoms with Crippen LogP contribution in [0.5, 0.6) is 0 Å².